The Hall–Kier alpha value is -2.25. The molecule has 7 heteroatoms. The van der Waals surface area contributed by atoms with E-state index in [0.29, 0.717) is 32.2 Å². The van der Waals surface area contributed by atoms with Gasteiger partial charge >= 0.3 is 0 Å². The Morgan fingerprint density at radius 3 is 2.61 bits per heavy atom. The number of carbonyl (C=O) groups excluding carboxylic acids is 1. The Labute approximate surface area is 142 Å². The van der Waals surface area contributed by atoms with E-state index in [2.05, 4.69) is 5.32 Å². The molecule has 1 aliphatic rings. The molecule has 0 atom stereocenters. The molecule has 0 saturated carbocycles. The van der Waals surface area contributed by atoms with E-state index in [-0.39, 0.29) is 5.91 Å². The summed E-state index contributed by atoms with van der Waals surface area (Å²) in [4.78, 5) is 12.2. The lowest BCUT2D eigenvalue weighted by Crippen LogP contribution is -2.17. The van der Waals surface area contributed by atoms with Gasteiger partial charge in [0.05, 0.1) is 19.1 Å². The van der Waals surface area contributed by atoms with Crippen molar-refractivity contribution < 1.29 is 18.7 Å². The molecule has 1 N–H and O–H groups in total. The Balaban J connectivity index is 1.89. The number of nitrogens with one attached hydrogen (secondary N) is 1. The molecule has 0 radical (unpaired) electrons. The Kier molecular flexibility index (Phi) is 4.40. The monoisotopic (exact) mass is 347 g/mol. The average Bonchev–Trinajstić information content (AvgIpc) is 3.13. The van der Waals surface area contributed by atoms with Gasteiger partial charge in [0.2, 0.25) is 0 Å². The number of thiocarbonyl (C=S) groups is 1. The second-order valence-corrected chi connectivity index (χ2v) is 6.34. The van der Waals surface area contributed by atoms with Gasteiger partial charge in [-0.05, 0) is 30.3 Å². The van der Waals surface area contributed by atoms with E-state index < -0.39 is 0 Å². The largest absolute Gasteiger partial charge is 0.493 e. The van der Waals surface area contributed by atoms with E-state index in [1.807, 2.05) is 24.3 Å². The number of carbonyl (C=O) groups is 1. The number of ether oxygens (including phenoxy) is 2. The van der Waals surface area contributed by atoms with Crippen molar-refractivity contribution in [1.29, 1.82) is 0 Å². The second kappa shape index (κ2) is 6.47. The molecule has 0 unspecified atom stereocenters. The molecule has 1 aromatic carbocycles. The van der Waals surface area contributed by atoms with Crippen LogP contribution in [0.25, 0.3) is 17.4 Å². The highest BCUT2D eigenvalue weighted by molar-refractivity contribution is 8.26. The first-order valence-corrected chi connectivity index (χ1v) is 7.90. The van der Waals surface area contributed by atoms with Crippen molar-refractivity contribution in [3.63, 3.8) is 0 Å². The molecule has 1 fully saturated rings. The van der Waals surface area contributed by atoms with Gasteiger partial charge in [-0.15, -0.1) is 0 Å². The Bertz CT molecular complexity index is 810. The first kappa shape index (κ1) is 15.6. The first-order valence-electron chi connectivity index (χ1n) is 6.68. The molecular weight excluding hydrogens is 334 g/mol. The van der Waals surface area contributed by atoms with Gasteiger partial charge in [0, 0.05) is 11.6 Å². The van der Waals surface area contributed by atoms with Crippen molar-refractivity contribution in [3.8, 4) is 22.8 Å². The van der Waals surface area contributed by atoms with Crippen LogP contribution in [0.3, 0.4) is 0 Å². The number of hydrogen-bond acceptors (Lipinski definition) is 6. The van der Waals surface area contributed by atoms with Crippen molar-refractivity contribution in [3.05, 3.63) is 41.0 Å². The van der Waals surface area contributed by atoms with Gasteiger partial charge < -0.3 is 19.2 Å². The molecule has 1 saturated heterocycles. The van der Waals surface area contributed by atoms with Gasteiger partial charge in [-0.3, -0.25) is 4.79 Å². The summed E-state index contributed by atoms with van der Waals surface area (Å²) in [5, 5.41) is 2.57. The number of methoxy groups -OCH3 is 2. The molecule has 2 heterocycles. The van der Waals surface area contributed by atoms with Gasteiger partial charge in [0.25, 0.3) is 5.91 Å². The summed E-state index contributed by atoms with van der Waals surface area (Å²) in [6.45, 7) is 0. The standard InChI is InChI=1S/C16H13NO4S2/c1-19-12-5-3-9(7-13(12)20-2)11-6-4-10(21-11)8-14-15(18)17-16(22)23-14/h3-8H,1-2H3,(H,17,18,22)/b14-8-. The van der Waals surface area contributed by atoms with Crippen molar-refractivity contribution >= 4 is 40.3 Å². The van der Waals surface area contributed by atoms with Crippen LogP contribution in [0.5, 0.6) is 11.5 Å². The van der Waals surface area contributed by atoms with E-state index >= 15 is 0 Å². The predicted molar refractivity (Wildman–Crippen MR) is 93.6 cm³/mol. The lowest BCUT2D eigenvalue weighted by molar-refractivity contribution is -0.115. The molecule has 3 rings (SSSR count). The molecule has 1 amide bonds. The summed E-state index contributed by atoms with van der Waals surface area (Å²) in [5.74, 6) is 2.32. The Morgan fingerprint density at radius 2 is 1.96 bits per heavy atom. The van der Waals surface area contributed by atoms with Crippen LogP contribution in [0.15, 0.2) is 39.7 Å². The van der Waals surface area contributed by atoms with Crippen LogP contribution in [-0.2, 0) is 4.79 Å². The summed E-state index contributed by atoms with van der Waals surface area (Å²) >= 11 is 6.18. The summed E-state index contributed by atoms with van der Waals surface area (Å²) in [6, 6.07) is 9.16. The van der Waals surface area contributed by atoms with E-state index in [1.165, 1.54) is 11.8 Å². The van der Waals surface area contributed by atoms with Gasteiger partial charge in [0.15, 0.2) is 11.5 Å². The zero-order chi connectivity index (χ0) is 16.4. The molecule has 2 aromatic rings. The minimum absolute atomic E-state index is 0.205. The van der Waals surface area contributed by atoms with E-state index in [1.54, 1.807) is 26.4 Å². The fourth-order valence-electron chi connectivity index (χ4n) is 2.13. The quantitative estimate of drug-likeness (QED) is 0.675. The van der Waals surface area contributed by atoms with Crippen LogP contribution in [0.2, 0.25) is 0 Å². The summed E-state index contributed by atoms with van der Waals surface area (Å²) in [5.41, 5.74) is 0.853. The maximum Gasteiger partial charge on any atom is 0.263 e. The van der Waals surface area contributed by atoms with Gasteiger partial charge in [-0.1, -0.05) is 24.0 Å². The lowest BCUT2D eigenvalue weighted by atomic mass is 10.1. The first-order chi connectivity index (χ1) is 11.1. The summed E-state index contributed by atoms with van der Waals surface area (Å²) in [6.07, 6.45) is 1.67. The van der Waals surface area contributed by atoms with E-state index in [4.69, 9.17) is 26.1 Å². The molecule has 118 valence electrons. The minimum Gasteiger partial charge on any atom is -0.493 e. The number of furan rings is 1. The molecule has 0 aliphatic carbocycles. The van der Waals surface area contributed by atoms with Crippen molar-refractivity contribution in [2.45, 2.75) is 0 Å². The van der Waals surface area contributed by atoms with Crippen molar-refractivity contribution in [1.82, 2.24) is 5.32 Å². The summed E-state index contributed by atoms with van der Waals surface area (Å²) < 4.78 is 16.7. The van der Waals surface area contributed by atoms with Crippen LogP contribution >= 0.6 is 24.0 Å². The molecule has 23 heavy (non-hydrogen) atoms. The molecule has 1 aliphatic heterocycles. The number of rotatable bonds is 4. The molecule has 0 spiro atoms. The molecule has 5 nitrogen and oxygen atoms in total. The number of amides is 1. The SMILES string of the molecule is COc1ccc(-c2ccc(/C=C3\SC(=S)NC3=O)o2)cc1OC. The van der Waals surface area contributed by atoms with E-state index in [0.717, 1.165) is 5.56 Å². The van der Waals surface area contributed by atoms with Gasteiger partial charge in [0.1, 0.15) is 15.8 Å². The number of hydrogen-bond donors (Lipinski definition) is 1. The van der Waals surface area contributed by atoms with Gasteiger partial charge in [-0.2, -0.15) is 0 Å². The number of thioether (sulfide) groups is 1. The normalized spacial score (nSPS) is 15.8. The highest BCUT2D eigenvalue weighted by Gasteiger charge is 2.22. The average molecular weight is 347 g/mol. The van der Waals surface area contributed by atoms with Crippen LogP contribution in [0, 0.1) is 0 Å². The molecule has 0 bridgehead atoms. The zero-order valence-corrected chi connectivity index (χ0v) is 14.0. The minimum atomic E-state index is -0.205. The third kappa shape index (κ3) is 3.25. The molecular formula is C16H13NO4S2. The predicted octanol–water partition coefficient (Wildman–Crippen LogP) is 3.45. The highest BCUT2D eigenvalue weighted by atomic mass is 32.2. The zero-order valence-electron chi connectivity index (χ0n) is 12.4. The topological polar surface area (TPSA) is 60.7 Å². The number of benzene rings is 1. The lowest BCUT2D eigenvalue weighted by Gasteiger charge is -2.08. The van der Waals surface area contributed by atoms with Crippen molar-refractivity contribution in [2.24, 2.45) is 0 Å². The maximum absolute atomic E-state index is 11.7. The van der Waals surface area contributed by atoms with Crippen LogP contribution < -0.4 is 14.8 Å². The van der Waals surface area contributed by atoms with E-state index in [9.17, 15) is 4.79 Å². The Morgan fingerprint density at radius 1 is 1.17 bits per heavy atom. The third-order valence-electron chi connectivity index (χ3n) is 3.21. The van der Waals surface area contributed by atoms with Crippen LogP contribution in [0.1, 0.15) is 5.76 Å². The summed E-state index contributed by atoms with van der Waals surface area (Å²) in [7, 11) is 3.17. The van der Waals surface area contributed by atoms with Crippen molar-refractivity contribution in [2.75, 3.05) is 14.2 Å². The fourth-order valence-corrected chi connectivity index (χ4v) is 3.15. The smallest absolute Gasteiger partial charge is 0.263 e. The second-order valence-electron chi connectivity index (χ2n) is 4.62. The fraction of sp³-hybridized carbons (Fsp3) is 0.125. The third-order valence-corrected chi connectivity index (χ3v) is 4.37. The van der Waals surface area contributed by atoms with Gasteiger partial charge in [-0.25, -0.2) is 0 Å². The molecule has 1 aromatic heterocycles. The highest BCUT2D eigenvalue weighted by Crippen LogP contribution is 2.34. The maximum atomic E-state index is 11.7. The van der Waals surface area contributed by atoms with Crippen LogP contribution in [0.4, 0.5) is 0 Å². The van der Waals surface area contributed by atoms with Crippen LogP contribution in [-0.4, -0.2) is 24.4 Å².